The van der Waals surface area contributed by atoms with Crippen molar-refractivity contribution in [3.8, 4) is 0 Å². The first-order chi connectivity index (χ1) is 7.81. The summed E-state index contributed by atoms with van der Waals surface area (Å²) < 4.78 is 5.37. The zero-order valence-corrected chi connectivity index (χ0v) is 9.37. The largest absolute Gasteiger partial charge is 0.456 e. The minimum atomic E-state index is 0.0293. The van der Waals surface area contributed by atoms with Gasteiger partial charge in [-0.1, -0.05) is 12.5 Å². The Morgan fingerprint density at radius 2 is 2.19 bits per heavy atom. The highest BCUT2D eigenvalue weighted by atomic mass is 16.3. The maximum Gasteiger partial charge on any atom is 0.223 e. The molecule has 2 rings (SSSR count). The van der Waals surface area contributed by atoms with Crippen molar-refractivity contribution in [3.05, 3.63) is 35.3 Å². The molecule has 0 fully saturated rings. The summed E-state index contributed by atoms with van der Waals surface area (Å²) in [6.45, 7) is 0.340. The van der Waals surface area contributed by atoms with E-state index in [9.17, 15) is 4.79 Å². The molecule has 1 aromatic rings. The standard InChI is InChI=1S/C13H17NO2/c14-9-11-7-8-12(16-11)13(15)10-5-3-1-2-4-6-10/h5,7-8H,1-4,6,9,14H2. The van der Waals surface area contributed by atoms with E-state index >= 15 is 0 Å². The van der Waals surface area contributed by atoms with Crippen molar-refractivity contribution in [1.29, 1.82) is 0 Å². The fraction of sp³-hybridized carbons (Fsp3) is 0.462. The van der Waals surface area contributed by atoms with E-state index in [2.05, 4.69) is 6.08 Å². The van der Waals surface area contributed by atoms with Gasteiger partial charge in [-0.2, -0.15) is 0 Å². The summed E-state index contributed by atoms with van der Waals surface area (Å²) in [5.74, 6) is 1.12. The molecular weight excluding hydrogens is 202 g/mol. The van der Waals surface area contributed by atoms with Gasteiger partial charge in [0.15, 0.2) is 5.76 Å². The number of furan rings is 1. The van der Waals surface area contributed by atoms with Gasteiger partial charge in [0.2, 0.25) is 5.78 Å². The van der Waals surface area contributed by atoms with Gasteiger partial charge in [0.25, 0.3) is 0 Å². The highest BCUT2D eigenvalue weighted by Crippen LogP contribution is 2.21. The van der Waals surface area contributed by atoms with Crippen LogP contribution < -0.4 is 5.73 Å². The third kappa shape index (κ3) is 2.42. The fourth-order valence-corrected chi connectivity index (χ4v) is 1.99. The molecule has 0 atom stereocenters. The van der Waals surface area contributed by atoms with E-state index in [0.717, 1.165) is 24.8 Å². The Hall–Kier alpha value is -1.35. The SMILES string of the molecule is NCc1ccc(C(=O)C2=CCCCCC2)o1. The molecule has 1 aliphatic carbocycles. The lowest BCUT2D eigenvalue weighted by molar-refractivity contribution is 0.0999. The lowest BCUT2D eigenvalue weighted by Gasteiger charge is -2.01. The van der Waals surface area contributed by atoms with E-state index in [1.165, 1.54) is 12.8 Å². The number of rotatable bonds is 3. The third-order valence-corrected chi connectivity index (χ3v) is 2.92. The quantitative estimate of drug-likeness (QED) is 0.795. The average molecular weight is 219 g/mol. The fourth-order valence-electron chi connectivity index (χ4n) is 1.99. The molecule has 2 N–H and O–H groups in total. The molecule has 3 heteroatoms. The molecule has 0 unspecified atom stereocenters. The summed E-state index contributed by atoms with van der Waals surface area (Å²) in [5, 5.41) is 0. The molecule has 0 bridgehead atoms. The van der Waals surface area contributed by atoms with E-state index in [1.54, 1.807) is 12.1 Å². The van der Waals surface area contributed by atoms with E-state index in [1.807, 2.05) is 0 Å². The van der Waals surface area contributed by atoms with Crippen molar-refractivity contribution in [2.75, 3.05) is 0 Å². The van der Waals surface area contributed by atoms with E-state index in [0.29, 0.717) is 18.1 Å². The zero-order chi connectivity index (χ0) is 11.4. The van der Waals surface area contributed by atoms with Crippen LogP contribution in [0.5, 0.6) is 0 Å². The first-order valence-electron chi connectivity index (χ1n) is 5.84. The molecule has 0 spiro atoms. The molecule has 1 heterocycles. The van der Waals surface area contributed by atoms with Crippen LogP contribution in [0.25, 0.3) is 0 Å². The van der Waals surface area contributed by atoms with Crippen LogP contribution in [0.4, 0.5) is 0 Å². The Morgan fingerprint density at radius 1 is 1.31 bits per heavy atom. The Morgan fingerprint density at radius 3 is 2.94 bits per heavy atom. The molecule has 0 amide bonds. The van der Waals surface area contributed by atoms with Gasteiger partial charge in [0.05, 0.1) is 6.54 Å². The summed E-state index contributed by atoms with van der Waals surface area (Å²) >= 11 is 0. The maximum absolute atomic E-state index is 12.1. The smallest absolute Gasteiger partial charge is 0.223 e. The molecule has 0 radical (unpaired) electrons. The van der Waals surface area contributed by atoms with Gasteiger partial charge in [0, 0.05) is 0 Å². The molecule has 0 saturated carbocycles. The van der Waals surface area contributed by atoms with Crippen molar-refractivity contribution in [2.24, 2.45) is 5.73 Å². The van der Waals surface area contributed by atoms with E-state index in [4.69, 9.17) is 10.2 Å². The van der Waals surface area contributed by atoms with E-state index < -0.39 is 0 Å². The maximum atomic E-state index is 12.1. The van der Waals surface area contributed by atoms with Crippen LogP contribution in [-0.2, 0) is 6.54 Å². The Kier molecular flexibility index (Phi) is 3.57. The van der Waals surface area contributed by atoms with Gasteiger partial charge in [-0.15, -0.1) is 0 Å². The number of allylic oxidation sites excluding steroid dienone is 2. The first kappa shape index (κ1) is 11.1. The lowest BCUT2D eigenvalue weighted by Crippen LogP contribution is -2.02. The predicted molar refractivity (Wildman–Crippen MR) is 62.1 cm³/mol. The molecule has 0 aliphatic heterocycles. The van der Waals surface area contributed by atoms with Gasteiger partial charge in [-0.25, -0.2) is 0 Å². The minimum absolute atomic E-state index is 0.0293. The molecule has 1 aliphatic rings. The summed E-state index contributed by atoms with van der Waals surface area (Å²) in [6, 6.07) is 3.49. The number of ketones is 1. The third-order valence-electron chi connectivity index (χ3n) is 2.92. The average Bonchev–Trinajstić information content (AvgIpc) is 2.62. The number of hydrogen-bond donors (Lipinski definition) is 1. The monoisotopic (exact) mass is 219 g/mol. The van der Waals surface area contributed by atoms with Crippen LogP contribution in [0.3, 0.4) is 0 Å². The minimum Gasteiger partial charge on any atom is -0.456 e. The Bertz CT molecular complexity index is 404. The number of hydrogen-bond acceptors (Lipinski definition) is 3. The molecular formula is C13H17NO2. The summed E-state index contributed by atoms with van der Waals surface area (Å²) in [6.07, 6.45) is 7.42. The zero-order valence-electron chi connectivity index (χ0n) is 9.37. The predicted octanol–water partition coefficient (Wildman–Crippen LogP) is 2.81. The van der Waals surface area contributed by atoms with Crippen molar-refractivity contribution < 1.29 is 9.21 Å². The lowest BCUT2D eigenvalue weighted by atomic mass is 10.0. The van der Waals surface area contributed by atoms with Gasteiger partial charge >= 0.3 is 0 Å². The van der Waals surface area contributed by atoms with Crippen LogP contribution in [0.2, 0.25) is 0 Å². The van der Waals surface area contributed by atoms with Gasteiger partial charge < -0.3 is 10.2 Å². The molecule has 86 valence electrons. The second-order valence-electron chi connectivity index (χ2n) is 4.13. The van der Waals surface area contributed by atoms with Crippen LogP contribution in [0, 0.1) is 0 Å². The van der Waals surface area contributed by atoms with Crippen LogP contribution in [0.1, 0.15) is 48.4 Å². The number of Topliss-reactive ketones (excluding diaryl/α,β-unsaturated/α-hetero) is 1. The van der Waals surface area contributed by atoms with Gasteiger partial charge in [-0.05, 0) is 43.4 Å². The number of carbonyl (C=O) groups excluding carboxylic acids is 1. The van der Waals surface area contributed by atoms with Crippen LogP contribution in [0.15, 0.2) is 28.2 Å². The molecule has 16 heavy (non-hydrogen) atoms. The second kappa shape index (κ2) is 5.12. The molecule has 3 nitrogen and oxygen atoms in total. The second-order valence-corrected chi connectivity index (χ2v) is 4.13. The first-order valence-corrected chi connectivity index (χ1v) is 5.84. The number of nitrogens with two attached hydrogens (primary N) is 1. The summed E-state index contributed by atoms with van der Waals surface area (Å²) in [5.41, 5.74) is 6.35. The molecule has 0 aromatic carbocycles. The Balaban J connectivity index is 2.14. The summed E-state index contributed by atoms with van der Waals surface area (Å²) in [4.78, 5) is 12.1. The molecule has 1 aromatic heterocycles. The van der Waals surface area contributed by atoms with Gasteiger partial charge in [-0.3, -0.25) is 4.79 Å². The highest BCUT2D eigenvalue weighted by Gasteiger charge is 2.16. The van der Waals surface area contributed by atoms with Crippen molar-refractivity contribution in [3.63, 3.8) is 0 Å². The molecule has 0 saturated heterocycles. The summed E-state index contributed by atoms with van der Waals surface area (Å²) in [7, 11) is 0. The van der Waals surface area contributed by atoms with Crippen LogP contribution in [-0.4, -0.2) is 5.78 Å². The van der Waals surface area contributed by atoms with Gasteiger partial charge in [0.1, 0.15) is 5.76 Å². The topological polar surface area (TPSA) is 56.2 Å². The number of carbonyl (C=O) groups is 1. The van der Waals surface area contributed by atoms with E-state index in [-0.39, 0.29) is 5.78 Å². The van der Waals surface area contributed by atoms with Crippen molar-refractivity contribution in [1.82, 2.24) is 0 Å². The van der Waals surface area contributed by atoms with Crippen molar-refractivity contribution in [2.45, 2.75) is 38.6 Å². The highest BCUT2D eigenvalue weighted by molar-refractivity contribution is 6.06. The van der Waals surface area contributed by atoms with Crippen LogP contribution >= 0.6 is 0 Å². The Labute approximate surface area is 95.3 Å². The normalized spacial score (nSPS) is 16.7. The van der Waals surface area contributed by atoms with Crippen molar-refractivity contribution >= 4 is 5.78 Å².